The first-order valence-corrected chi connectivity index (χ1v) is 10.0. The predicted molar refractivity (Wildman–Crippen MR) is 99.6 cm³/mol. The molecule has 0 radical (unpaired) electrons. The van der Waals surface area contributed by atoms with E-state index in [1.54, 1.807) is 6.07 Å². The summed E-state index contributed by atoms with van der Waals surface area (Å²) >= 11 is 0. The van der Waals surface area contributed by atoms with Crippen LogP contribution >= 0.6 is 0 Å². The molecule has 11 heteroatoms. The summed E-state index contributed by atoms with van der Waals surface area (Å²) in [4.78, 5) is 22.8. The molecule has 0 amide bonds. The second-order valence-electron chi connectivity index (χ2n) is 7.24. The maximum Gasteiger partial charge on any atom is 0.433 e. The molecule has 1 saturated carbocycles. The molecule has 1 aliphatic rings. The Bertz CT molecular complexity index is 1260. The van der Waals surface area contributed by atoms with Gasteiger partial charge in [0.2, 0.25) is 10.0 Å². The summed E-state index contributed by atoms with van der Waals surface area (Å²) in [5.41, 5.74) is 0.156. The Balaban J connectivity index is 1.74. The fraction of sp³-hybridized carbons (Fsp3) is 0.353. The monoisotopic (exact) mass is 406 g/mol. The molecule has 3 aromatic rings. The van der Waals surface area contributed by atoms with Gasteiger partial charge >= 0.3 is 11.6 Å². The molecule has 4 rings (SSSR count). The first-order chi connectivity index (χ1) is 13.1. The molecule has 2 heterocycles. The maximum absolute atomic E-state index is 12.6. The Morgan fingerprint density at radius 1 is 1.25 bits per heavy atom. The number of fused-ring (bicyclic) bond motifs is 1. The minimum atomic E-state index is -3.70. The van der Waals surface area contributed by atoms with Crippen LogP contribution in [0.25, 0.3) is 11.0 Å². The normalized spacial score (nSPS) is 15.8. The third-order valence-electron chi connectivity index (χ3n) is 4.95. The van der Waals surface area contributed by atoms with E-state index in [-0.39, 0.29) is 22.9 Å². The van der Waals surface area contributed by atoms with Crippen LogP contribution < -0.4 is 10.4 Å². The highest BCUT2D eigenvalue weighted by Crippen LogP contribution is 2.36. The van der Waals surface area contributed by atoms with E-state index in [0.717, 1.165) is 12.8 Å². The molecule has 0 bridgehead atoms. The van der Waals surface area contributed by atoms with E-state index in [1.807, 2.05) is 6.92 Å². The molecule has 0 unspecified atom stereocenters. The van der Waals surface area contributed by atoms with Crippen molar-refractivity contribution < 1.29 is 17.8 Å². The highest BCUT2D eigenvalue weighted by molar-refractivity contribution is 7.89. The number of furan rings is 1. The van der Waals surface area contributed by atoms with Crippen LogP contribution in [0.3, 0.4) is 0 Å². The molecule has 0 atom stereocenters. The number of rotatable bonds is 6. The second-order valence-corrected chi connectivity index (χ2v) is 8.92. The minimum Gasteiger partial charge on any atom is -0.404 e. The van der Waals surface area contributed by atoms with Crippen molar-refractivity contribution in [1.29, 1.82) is 0 Å². The number of imidazole rings is 1. The Kier molecular flexibility index (Phi) is 3.98. The number of aryl methyl sites for hydroxylation is 1. The smallest absolute Gasteiger partial charge is 0.404 e. The van der Waals surface area contributed by atoms with Crippen molar-refractivity contribution in [2.45, 2.75) is 36.7 Å². The number of nitro groups is 1. The largest absolute Gasteiger partial charge is 0.433 e. The third-order valence-corrected chi connectivity index (χ3v) is 6.59. The van der Waals surface area contributed by atoms with Crippen LogP contribution in [0.5, 0.6) is 0 Å². The number of benzene rings is 1. The molecule has 1 aromatic carbocycles. The molecular formula is C17H18N4O6S. The molecule has 0 aliphatic heterocycles. The summed E-state index contributed by atoms with van der Waals surface area (Å²) in [6.45, 7) is 1.84. The first kappa shape index (κ1) is 18.4. The Morgan fingerprint density at radius 3 is 2.57 bits per heavy atom. The van der Waals surface area contributed by atoms with E-state index in [1.165, 1.54) is 40.4 Å². The molecular weight excluding hydrogens is 388 g/mol. The summed E-state index contributed by atoms with van der Waals surface area (Å²) in [6, 6.07) is 7.10. The number of hydrogen-bond acceptors (Lipinski definition) is 6. The average molecular weight is 406 g/mol. The van der Waals surface area contributed by atoms with Gasteiger partial charge in [-0.25, -0.2) is 17.9 Å². The van der Waals surface area contributed by atoms with E-state index < -0.39 is 26.4 Å². The molecule has 28 heavy (non-hydrogen) atoms. The van der Waals surface area contributed by atoms with E-state index in [9.17, 15) is 23.3 Å². The fourth-order valence-electron chi connectivity index (χ4n) is 3.09. The summed E-state index contributed by atoms with van der Waals surface area (Å²) < 4.78 is 35.7. The Hall–Kier alpha value is -2.92. The topological polar surface area (TPSA) is 129 Å². The van der Waals surface area contributed by atoms with Crippen LogP contribution in [0, 0.1) is 10.1 Å². The average Bonchev–Trinajstić information content (AvgIpc) is 3.07. The molecule has 1 fully saturated rings. The third kappa shape index (κ3) is 3.12. The van der Waals surface area contributed by atoms with Crippen molar-refractivity contribution in [2.24, 2.45) is 7.05 Å². The van der Waals surface area contributed by atoms with Crippen LogP contribution in [0.1, 0.15) is 25.5 Å². The summed E-state index contributed by atoms with van der Waals surface area (Å²) in [5.74, 6) is -0.155. The van der Waals surface area contributed by atoms with Gasteiger partial charge in [-0.05, 0) is 44.0 Å². The van der Waals surface area contributed by atoms with Gasteiger partial charge in [0.1, 0.15) is 10.7 Å². The zero-order valence-electron chi connectivity index (χ0n) is 15.2. The lowest BCUT2D eigenvalue weighted by Crippen LogP contribution is -2.34. The number of nitrogens with one attached hydrogen (secondary N) is 1. The van der Waals surface area contributed by atoms with Crippen molar-refractivity contribution >= 4 is 26.9 Å². The van der Waals surface area contributed by atoms with E-state index >= 15 is 0 Å². The van der Waals surface area contributed by atoms with E-state index in [4.69, 9.17) is 4.42 Å². The standard InChI is InChI=1S/C17H18N4O6S/c1-17(7-8-17)18-28(25,26)12-4-5-13-14(9-12)19(2)16(22)20(13)10-11-3-6-15(27-11)21(23)24/h3-6,9,18H,7-8,10H2,1-2H3. The van der Waals surface area contributed by atoms with Gasteiger partial charge in [-0.1, -0.05) is 0 Å². The number of hydrogen-bond donors (Lipinski definition) is 1. The molecule has 0 saturated heterocycles. The lowest BCUT2D eigenvalue weighted by Gasteiger charge is -2.12. The van der Waals surface area contributed by atoms with Crippen LogP contribution in [-0.4, -0.2) is 28.0 Å². The van der Waals surface area contributed by atoms with Gasteiger partial charge in [0.05, 0.1) is 28.5 Å². The quantitative estimate of drug-likeness (QED) is 0.490. The Morgan fingerprint density at radius 2 is 1.96 bits per heavy atom. The van der Waals surface area contributed by atoms with Gasteiger partial charge < -0.3 is 4.42 Å². The predicted octanol–water partition coefficient (Wildman–Crippen LogP) is 1.72. The summed E-state index contributed by atoms with van der Waals surface area (Å²) in [6.07, 6.45) is 1.58. The number of sulfonamides is 1. The van der Waals surface area contributed by atoms with Crippen LogP contribution in [-0.2, 0) is 23.6 Å². The molecule has 2 aromatic heterocycles. The molecule has 148 valence electrons. The highest BCUT2D eigenvalue weighted by atomic mass is 32.2. The minimum absolute atomic E-state index is 0.00751. The van der Waals surface area contributed by atoms with Crippen LogP contribution in [0.15, 0.2) is 44.4 Å². The van der Waals surface area contributed by atoms with E-state index in [2.05, 4.69) is 4.72 Å². The zero-order chi connectivity index (χ0) is 20.3. The lowest BCUT2D eigenvalue weighted by molar-refractivity contribution is -0.402. The SMILES string of the molecule is Cn1c(=O)n(Cc2ccc([N+](=O)[O-])o2)c2ccc(S(=O)(=O)NC3(C)CC3)cc21. The first-order valence-electron chi connectivity index (χ1n) is 8.56. The van der Waals surface area contributed by atoms with Crippen LogP contribution in [0.2, 0.25) is 0 Å². The van der Waals surface area contributed by atoms with Crippen molar-refractivity contribution in [3.8, 4) is 0 Å². The van der Waals surface area contributed by atoms with Crippen molar-refractivity contribution in [3.63, 3.8) is 0 Å². The van der Waals surface area contributed by atoms with Crippen LogP contribution in [0.4, 0.5) is 5.88 Å². The zero-order valence-corrected chi connectivity index (χ0v) is 16.0. The van der Waals surface area contributed by atoms with E-state index in [0.29, 0.717) is 11.0 Å². The number of nitrogens with zero attached hydrogens (tertiary/aromatic N) is 3. The molecule has 1 N–H and O–H groups in total. The Labute approximate surface area is 159 Å². The maximum atomic E-state index is 12.6. The molecule has 1 aliphatic carbocycles. The van der Waals surface area contributed by atoms with Gasteiger partial charge in [0.25, 0.3) is 0 Å². The number of aromatic nitrogens is 2. The van der Waals surface area contributed by atoms with Crippen molar-refractivity contribution in [1.82, 2.24) is 13.9 Å². The summed E-state index contributed by atoms with van der Waals surface area (Å²) in [5, 5.41) is 10.8. The second kappa shape index (κ2) is 6.04. The van der Waals surface area contributed by atoms with Gasteiger partial charge in [-0.3, -0.25) is 19.2 Å². The highest BCUT2D eigenvalue weighted by Gasteiger charge is 2.41. The molecule has 0 spiro atoms. The van der Waals surface area contributed by atoms with Gasteiger partial charge in [-0.2, -0.15) is 0 Å². The summed E-state index contributed by atoms with van der Waals surface area (Å²) in [7, 11) is -2.16. The lowest BCUT2D eigenvalue weighted by atomic mass is 10.3. The molecule has 10 nitrogen and oxygen atoms in total. The van der Waals surface area contributed by atoms with Crippen molar-refractivity contribution in [3.05, 3.63) is 56.7 Å². The van der Waals surface area contributed by atoms with Gasteiger partial charge in [0, 0.05) is 12.6 Å². The van der Waals surface area contributed by atoms with Gasteiger partial charge in [-0.15, -0.1) is 0 Å². The van der Waals surface area contributed by atoms with Gasteiger partial charge in [0.15, 0.2) is 0 Å². The fourth-order valence-corrected chi connectivity index (χ4v) is 4.57. The van der Waals surface area contributed by atoms with Crippen molar-refractivity contribution in [2.75, 3.05) is 0 Å².